The maximum atomic E-state index is 14.1. The molecule has 1 N–H and O–H groups in total. The summed E-state index contributed by atoms with van der Waals surface area (Å²) in [6.07, 6.45) is 1.62. The molecule has 0 atom stereocenters. The second-order valence-electron chi connectivity index (χ2n) is 7.13. The van der Waals surface area contributed by atoms with Crippen molar-refractivity contribution in [3.05, 3.63) is 101 Å². The summed E-state index contributed by atoms with van der Waals surface area (Å²) in [7, 11) is 0. The summed E-state index contributed by atoms with van der Waals surface area (Å²) in [6.45, 7) is 1.47. The second kappa shape index (κ2) is 10.1. The molecule has 0 radical (unpaired) electrons. The predicted octanol–water partition coefficient (Wildman–Crippen LogP) is 5.25. The van der Waals surface area contributed by atoms with Crippen molar-refractivity contribution in [3.63, 3.8) is 0 Å². The molecule has 0 aliphatic carbocycles. The van der Waals surface area contributed by atoms with Crippen molar-refractivity contribution in [2.75, 3.05) is 6.61 Å². The average Bonchev–Trinajstić information content (AvgIpc) is 3.32. The maximum absolute atomic E-state index is 14.1. The van der Waals surface area contributed by atoms with Crippen LogP contribution in [0.25, 0.3) is 16.9 Å². The first kappa shape index (κ1) is 22.2. The molecule has 4 aromatic rings. The minimum atomic E-state index is -0.449. The number of halogens is 2. The van der Waals surface area contributed by atoms with Crippen molar-refractivity contribution in [1.29, 1.82) is 0 Å². The Labute approximate surface area is 195 Å². The Bertz CT molecular complexity index is 1290. The minimum absolute atomic E-state index is 0.296. The van der Waals surface area contributed by atoms with Gasteiger partial charge in [-0.1, -0.05) is 41.9 Å². The third-order valence-electron chi connectivity index (χ3n) is 4.83. The number of hydrazone groups is 1. The summed E-state index contributed by atoms with van der Waals surface area (Å²) in [4.78, 5) is 12.3. The number of aromatic nitrogens is 2. The first-order chi connectivity index (χ1) is 16.0. The molecule has 1 heterocycles. The quantitative estimate of drug-likeness (QED) is 0.301. The van der Waals surface area contributed by atoms with Crippen molar-refractivity contribution in [2.45, 2.75) is 6.92 Å². The van der Waals surface area contributed by atoms with Crippen LogP contribution in [0.2, 0.25) is 5.02 Å². The van der Waals surface area contributed by atoms with Gasteiger partial charge in [-0.3, -0.25) is 4.79 Å². The molecule has 3 aromatic carbocycles. The summed E-state index contributed by atoms with van der Waals surface area (Å²) in [5, 5.41) is 9.06. The predicted molar refractivity (Wildman–Crippen MR) is 126 cm³/mol. The van der Waals surface area contributed by atoms with Crippen molar-refractivity contribution < 1.29 is 13.9 Å². The van der Waals surface area contributed by atoms with Gasteiger partial charge in [-0.15, -0.1) is 0 Å². The summed E-state index contributed by atoms with van der Waals surface area (Å²) >= 11 is 5.89. The van der Waals surface area contributed by atoms with E-state index in [1.165, 1.54) is 18.2 Å². The maximum Gasteiger partial charge on any atom is 0.277 e. The van der Waals surface area contributed by atoms with Gasteiger partial charge >= 0.3 is 0 Å². The number of benzene rings is 3. The topological polar surface area (TPSA) is 68.5 Å². The molecule has 0 spiro atoms. The molecule has 0 fully saturated rings. The van der Waals surface area contributed by atoms with Gasteiger partial charge in [-0.05, 0) is 61.0 Å². The van der Waals surface area contributed by atoms with Crippen LogP contribution in [0.1, 0.15) is 12.5 Å². The highest BCUT2D eigenvalue weighted by Crippen LogP contribution is 2.32. The van der Waals surface area contributed by atoms with E-state index in [4.69, 9.17) is 16.3 Å². The average molecular weight is 463 g/mol. The number of carbonyl (C=O) groups excluding carboxylic acids is 1. The zero-order valence-electron chi connectivity index (χ0n) is 17.7. The molecular formula is C25H20ClFN4O2. The van der Waals surface area contributed by atoms with Crippen LogP contribution in [-0.2, 0) is 4.79 Å². The molecule has 4 rings (SSSR count). The van der Waals surface area contributed by atoms with Gasteiger partial charge in [0.1, 0.15) is 11.6 Å². The Morgan fingerprint density at radius 2 is 1.85 bits per heavy atom. The van der Waals surface area contributed by atoms with E-state index >= 15 is 0 Å². The fourth-order valence-corrected chi connectivity index (χ4v) is 3.31. The van der Waals surface area contributed by atoms with Crippen LogP contribution < -0.4 is 10.2 Å². The summed E-state index contributed by atoms with van der Waals surface area (Å²) in [5.74, 6) is -0.524. The normalized spacial score (nSPS) is 11.3. The summed E-state index contributed by atoms with van der Waals surface area (Å²) in [5.41, 5.74) is 5.84. The third kappa shape index (κ3) is 5.45. The fraction of sp³-hybridized carbons (Fsp3) is 0.0800. The van der Waals surface area contributed by atoms with Gasteiger partial charge in [0, 0.05) is 10.6 Å². The Morgan fingerprint density at radius 3 is 2.61 bits per heavy atom. The monoisotopic (exact) mass is 462 g/mol. The van der Waals surface area contributed by atoms with E-state index in [1.807, 2.05) is 42.5 Å². The van der Waals surface area contributed by atoms with Gasteiger partial charge in [0.25, 0.3) is 5.91 Å². The van der Waals surface area contributed by atoms with Crippen LogP contribution in [0.15, 0.2) is 90.2 Å². The molecule has 0 aliphatic rings. The number of hydrogen-bond donors (Lipinski definition) is 1. The molecule has 0 unspecified atom stereocenters. The van der Waals surface area contributed by atoms with Crippen LogP contribution in [0.5, 0.6) is 5.75 Å². The van der Waals surface area contributed by atoms with Crippen LogP contribution in [0.3, 0.4) is 0 Å². The minimum Gasteiger partial charge on any atom is -0.483 e. The number of amides is 1. The van der Waals surface area contributed by atoms with E-state index in [2.05, 4.69) is 15.6 Å². The van der Waals surface area contributed by atoms with Crippen LogP contribution in [0, 0.1) is 5.82 Å². The first-order valence-corrected chi connectivity index (χ1v) is 10.5. The number of ether oxygens (including phenoxy) is 1. The highest BCUT2D eigenvalue weighted by atomic mass is 35.5. The Balaban J connectivity index is 1.49. The van der Waals surface area contributed by atoms with Gasteiger partial charge in [-0.25, -0.2) is 14.5 Å². The molecule has 8 heteroatoms. The number of rotatable bonds is 7. The van der Waals surface area contributed by atoms with E-state index < -0.39 is 11.7 Å². The molecule has 0 saturated carbocycles. The first-order valence-electron chi connectivity index (χ1n) is 10.1. The zero-order valence-corrected chi connectivity index (χ0v) is 18.5. The smallest absolute Gasteiger partial charge is 0.277 e. The Hall–Kier alpha value is -3.97. The number of para-hydroxylation sites is 1. The van der Waals surface area contributed by atoms with E-state index in [9.17, 15) is 9.18 Å². The van der Waals surface area contributed by atoms with Crippen LogP contribution >= 0.6 is 11.6 Å². The van der Waals surface area contributed by atoms with Gasteiger partial charge < -0.3 is 4.74 Å². The lowest BCUT2D eigenvalue weighted by Crippen LogP contribution is -2.25. The third-order valence-corrected chi connectivity index (χ3v) is 5.08. The second-order valence-corrected chi connectivity index (χ2v) is 7.57. The molecule has 0 aliphatic heterocycles. The highest BCUT2D eigenvalue weighted by molar-refractivity contribution is 6.30. The summed E-state index contributed by atoms with van der Waals surface area (Å²) < 4.78 is 21.5. The SMILES string of the molecule is C/C(=N\NC(=O)COc1ccc(F)cc1-c1ccnn1-c1ccccc1)c1ccc(Cl)cc1. The molecule has 0 bridgehead atoms. The molecular weight excluding hydrogens is 443 g/mol. The molecule has 33 heavy (non-hydrogen) atoms. The zero-order chi connectivity index (χ0) is 23.2. The van der Waals surface area contributed by atoms with Gasteiger partial charge in [0.15, 0.2) is 6.61 Å². The van der Waals surface area contributed by atoms with Crippen molar-refractivity contribution in [2.24, 2.45) is 5.10 Å². The van der Waals surface area contributed by atoms with E-state index in [-0.39, 0.29) is 6.61 Å². The molecule has 0 saturated heterocycles. The summed E-state index contributed by atoms with van der Waals surface area (Å²) in [6, 6.07) is 22.5. The number of nitrogens with one attached hydrogen (secondary N) is 1. The Kier molecular flexibility index (Phi) is 6.80. The molecule has 1 amide bonds. The van der Waals surface area contributed by atoms with Crippen LogP contribution in [0.4, 0.5) is 4.39 Å². The van der Waals surface area contributed by atoms with Crippen molar-refractivity contribution in [1.82, 2.24) is 15.2 Å². The van der Waals surface area contributed by atoms with Gasteiger partial charge in [0.05, 0.1) is 23.3 Å². The van der Waals surface area contributed by atoms with E-state index in [0.717, 1.165) is 11.3 Å². The van der Waals surface area contributed by atoms with E-state index in [1.54, 1.807) is 36.0 Å². The standard InChI is InChI=1S/C25H20ClFN4O2/c1-17(18-7-9-19(26)10-8-18)29-30-25(32)16-33-24-12-11-20(27)15-22(24)23-13-14-28-31(23)21-5-3-2-4-6-21/h2-15H,16H2,1H3,(H,30,32)/b29-17+. The molecule has 1 aromatic heterocycles. The molecule has 166 valence electrons. The van der Waals surface area contributed by atoms with E-state index in [0.29, 0.717) is 27.7 Å². The number of nitrogens with zero attached hydrogens (tertiary/aromatic N) is 3. The lowest BCUT2D eigenvalue weighted by atomic mass is 10.1. The van der Waals surface area contributed by atoms with Gasteiger partial charge in [0.2, 0.25) is 0 Å². The van der Waals surface area contributed by atoms with Crippen molar-refractivity contribution >= 4 is 23.2 Å². The van der Waals surface area contributed by atoms with Gasteiger partial charge in [-0.2, -0.15) is 10.2 Å². The fourth-order valence-electron chi connectivity index (χ4n) is 3.19. The highest BCUT2D eigenvalue weighted by Gasteiger charge is 2.15. The van der Waals surface area contributed by atoms with Crippen LogP contribution in [-0.4, -0.2) is 28.0 Å². The lowest BCUT2D eigenvalue weighted by Gasteiger charge is -2.13. The molecule has 6 nitrogen and oxygen atoms in total. The number of carbonyl (C=O) groups is 1. The number of hydrogen-bond acceptors (Lipinski definition) is 4. The largest absolute Gasteiger partial charge is 0.483 e. The lowest BCUT2D eigenvalue weighted by molar-refractivity contribution is -0.123. The van der Waals surface area contributed by atoms with Crippen molar-refractivity contribution in [3.8, 4) is 22.7 Å². The Morgan fingerprint density at radius 1 is 1.09 bits per heavy atom.